The molecule has 6 heteroatoms. The van der Waals surface area contributed by atoms with E-state index in [2.05, 4.69) is 0 Å². The molecule has 4 nitrogen and oxygen atoms in total. The lowest BCUT2D eigenvalue weighted by Gasteiger charge is -2.11. The summed E-state index contributed by atoms with van der Waals surface area (Å²) in [6.45, 7) is 0.823. The van der Waals surface area contributed by atoms with Crippen molar-refractivity contribution in [1.29, 1.82) is 0 Å². The van der Waals surface area contributed by atoms with Crippen molar-refractivity contribution in [3.8, 4) is 5.75 Å². The third-order valence-corrected chi connectivity index (χ3v) is 3.22. The number of esters is 1. The van der Waals surface area contributed by atoms with Gasteiger partial charge in [0.2, 0.25) is 0 Å². The van der Waals surface area contributed by atoms with Crippen LogP contribution >= 0.6 is 23.2 Å². The predicted molar refractivity (Wildman–Crippen MR) is 71.9 cm³/mol. The largest absolute Gasteiger partial charge is 0.480 e. The van der Waals surface area contributed by atoms with E-state index in [4.69, 9.17) is 37.4 Å². The second-order valence-electron chi connectivity index (χ2n) is 4.18. The fraction of sp³-hybridized carbons (Fsp3) is 0.462. The summed E-state index contributed by atoms with van der Waals surface area (Å²) in [4.78, 5) is 11.5. The van der Waals surface area contributed by atoms with Crippen molar-refractivity contribution < 1.29 is 19.0 Å². The SMILES string of the molecule is O=C(COc1ccc(Cl)cc1Cl)OCC1CCCO1. The molecule has 1 unspecified atom stereocenters. The molecule has 0 spiro atoms. The first-order chi connectivity index (χ1) is 9.15. The van der Waals surface area contributed by atoms with Gasteiger partial charge in [-0.05, 0) is 31.0 Å². The number of benzene rings is 1. The Balaban J connectivity index is 1.73. The highest BCUT2D eigenvalue weighted by molar-refractivity contribution is 6.35. The van der Waals surface area contributed by atoms with Gasteiger partial charge in [-0.2, -0.15) is 0 Å². The van der Waals surface area contributed by atoms with E-state index < -0.39 is 5.97 Å². The molecule has 0 amide bonds. The molecule has 0 aliphatic carbocycles. The van der Waals surface area contributed by atoms with Crippen LogP contribution in [0.25, 0.3) is 0 Å². The van der Waals surface area contributed by atoms with Crippen LogP contribution in [0.4, 0.5) is 0 Å². The van der Waals surface area contributed by atoms with Crippen LogP contribution in [0.3, 0.4) is 0 Å². The molecule has 0 N–H and O–H groups in total. The minimum atomic E-state index is -0.443. The molecule has 2 rings (SSSR count). The Labute approximate surface area is 121 Å². The number of halogens is 2. The van der Waals surface area contributed by atoms with E-state index in [-0.39, 0.29) is 19.3 Å². The van der Waals surface area contributed by atoms with Crippen LogP contribution in [0, 0.1) is 0 Å². The van der Waals surface area contributed by atoms with Crippen molar-refractivity contribution in [2.24, 2.45) is 0 Å². The maximum Gasteiger partial charge on any atom is 0.344 e. The molecule has 1 saturated heterocycles. The first-order valence-electron chi connectivity index (χ1n) is 6.00. The van der Waals surface area contributed by atoms with Gasteiger partial charge in [-0.3, -0.25) is 0 Å². The van der Waals surface area contributed by atoms with Gasteiger partial charge in [0.15, 0.2) is 6.61 Å². The monoisotopic (exact) mass is 304 g/mol. The summed E-state index contributed by atoms with van der Waals surface area (Å²) in [6.07, 6.45) is 1.96. The fourth-order valence-corrected chi connectivity index (χ4v) is 2.20. The van der Waals surface area contributed by atoms with Gasteiger partial charge in [0.1, 0.15) is 12.4 Å². The van der Waals surface area contributed by atoms with E-state index in [0.717, 1.165) is 19.4 Å². The molecule has 1 aromatic rings. The molecule has 1 heterocycles. The quantitative estimate of drug-likeness (QED) is 0.784. The first kappa shape index (κ1) is 14.4. The number of hydrogen-bond donors (Lipinski definition) is 0. The van der Waals surface area contributed by atoms with Crippen LogP contribution < -0.4 is 4.74 Å². The molecule has 1 aliphatic heterocycles. The second kappa shape index (κ2) is 6.98. The number of carbonyl (C=O) groups is 1. The molecule has 0 aromatic heterocycles. The highest BCUT2D eigenvalue weighted by Crippen LogP contribution is 2.27. The summed E-state index contributed by atoms with van der Waals surface area (Å²) in [5, 5.41) is 0.873. The number of hydrogen-bond acceptors (Lipinski definition) is 4. The summed E-state index contributed by atoms with van der Waals surface area (Å²) in [7, 11) is 0. The number of carbonyl (C=O) groups excluding carboxylic acids is 1. The fourth-order valence-electron chi connectivity index (χ4n) is 1.73. The average Bonchev–Trinajstić information content (AvgIpc) is 2.88. The van der Waals surface area contributed by atoms with Gasteiger partial charge in [-0.15, -0.1) is 0 Å². The van der Waals surface area contributed by atoms with Crippen LogP contribution in [0.1, 0.15) is 12.8 Å². The molecule has 1 atom stereocenters. The molecule has 104 valence electrons. The van der Waals surface area contributed by atoms with E-state index >= 15 is 0 Å². The highest BCUT2D eigenvalue weighted by Gasteiger charge is 2.17. The van der Waals surface area contributed by atoms with Gasteiger partial charge in [0.25, 0.3) is 0 Å². The summed E-state index contributed by atoms with van der Waals surface area (Å²) < 4.78 is 15.7. The Morgan fingerprint density at radius 3 is 2.95 bits per heavy atom. The van der Waals surface area contributed by atoms with E-state index in [9.17, 15) is 4.79 Å². The maximum atomic E-state index is 11.5. The summed E-state index contributed by atoms with van der Waals surface area (Å²) in [6, 6.07) is 4.80. The molecular weight excluding hydrogens is 291 g/mol. The minimum Gasteiger partial charge on any atom is -0.480 e. The van der Waals surface area contributed by atoms with Crippen LogP contribution in [-0.2, 0) is 14.3 Å². The van der Waals surface area contributed by atoms with Gasteiger partial charge in [-0.25, -0.2) is 4.79 Å². The zero-order chi connectivity index (χ0) is 13.7. The number of rotatable bonds is 5. The maximum absolute atomic E-state index is 11.5. The van der Waals surface area contributed by atoms with Gasteiger partial charge in [0.05, 0.1) is 11.1 Å². The Kier molecular flexibility index (Phi) is 5.31. The average molecular weight is 305 g/mol. The molecular formula is C13H14Cl2O4. The van der Waals surface area contributed by atoms with Crippen molar-refractivity contribution in [1.82, 2.24) is 0 Å². The molecule has 0 saturated carbocycles. The first-order valence-corrected chi connectivity index (χ1v) is 6.76. The summed E-state index contributed by atoms with van der Waals surface area (Å²) >= 11 is 11.7. The Morgan fingerprint density at radius 2 is 2.26 bits per heavy atom. The van der Waals surface area contributed by atoms with Gasteiger partial charge < -0.3 is 14.2 Å². The third kappa shape index (κ3) is 4.56. The molecule has 19 heavy (non-hydrogen) atoms. The van der Waals surface area contributed by atoms with E-state index in [0.29, 0.717) is 15.8 Å². The van der Waals surface area contributed by atoms with Crippen molar-refractivity contribution >= 4 is 29.2 Å². The lowest BCUT2D eigenvalue weighted by molar-refractivity contribution is -0.149. The Hall–Kier alpha value is -0.970. The molecule has 1 aromatic carbocycles. The normalized spacial score (nSPS) is 18.3. The molecule has 0 bridgehead atoms. The van der Waals surface area contributed by atoms with Gasteiger partial charge in [-0.1, -0.05) is 23.2 Å². The van der Waals surface area contributed by atoms with E-state index in [1.807, 2.05) is 0 Å². The highest BCUT2D eigenvalue weighted by atomic mass is 35.5. The van der Waals surface area contributed by atoms with Crippen LogP contribution in [-0.4, -0.2) is 31.9 Å². The minimum absolute atomic E-state index is 0.0167. The van der Waals surface area contributed by atoms with Crippen LogP contribution in [0.5, 0.6) is 5.75 Å². The molecule has 1 aliphatic rings. The lowest BCUT2D eigenvalue weighted by atomic mass is 10.2. The molecule has 0 radical (unpaired) electrons. The Morgan fingerprint density at radius 1 is 1.42 bits per heavy atom. The van der Waals surface area contributed by atoms with Crippen molar-refractivity contribution in [3.63, 3.8) is 0 Å². The van der Waals surface area contributed by atoms with E-state index in [1.54, 1.807) is 18.2 Å². The van der Waals surface area contributed by atoms with E-state index in [1.165, 1.54) is 0 Å². The topological polar surface area (TPSA) is 44.8 Å². The lowest BCUT2D eigenvalue weighted by Crippen LogP contribution is -2.21. The van der Waals surface area contributed by atoms with Crippen LogP contribution in [0.2, 0.25) is 10.0 Å². The third-order valence-electron chi connectivity index (χ3n) is 2.69. The summed E-state index contributed by atoms with van der Waals surface area (Å²) in [5.74, 6) is -0.0401. The number of ether oxygens (including phenoxy) is 3. The van der Waals surface area contributed by atoms with Crippen LogP contribution in [0.15, 0.2) is 18.2 Å². The van der Waals surface area contributed by atoms with Crippen molar-refractivity contribution in [3.05, 3.63) is 28.2 Å². The van der Waals surface area contributed by atoms with Crippen molar-refractivity contribution in [2.45, 2.75) is 18.9 Å². The van der Waals surface area contributed by atoms with Gasteiger partial charge >= 0.3 is 5.97 Å². The zero-order valence-corrected chi connectivity index (χ0v) is 11.7. The smallest absolute Gasteiger partial charge is 0.344 e. The second-order valence-corrected chi connectivity index (χ2v) is 5.03. The van der Waals surface area contributed by atoms with Crippen molar-refractivity contribution in [2.75, 3.05) is 19.8 Å². The zero-order valence-electron chi connectivity index (χ0n) is 10.2. The standard InChI is InChI=1S/C13H14Cl2O4/c14-9-3-4-12(11(15)6-9)18-8-13(16)19-7-10-2-1-5-17-10/h3-4,6,10H,1-2,5,7-8H2. The predicted octanol–water partition coefficient (Wildman–Crippen LogP) is 3.09. The van der Waals surface area contributed by atoms with Gasteiger partial charge in [0, 0.05) is 11.6 Å². The molecule has 1 fully saturated rings. The summed E-state index contributed by atoms with van der Waals surface area (Å²) in [5.41, 5.74) is 0. The Bertz CT molecular complexity index is 444.